The molecule has 1 heterocycles. The molecule has 0 bridgehead atoms. The first kappa shape index (κ1) is 10.7. The molecule has 2 atom stereocenters. The molecule has 1 aromatic heterocycles. The second-order valence-electron chi connectivity index (χ2n) is 4.62. The van der Waals surface area contributed by atoms with E-state index in [1.807, 2.05) is 17.9 Å². The smallest absolute Gasteiger partial charge is 0.0522 e. The van der Waals surface area contributed by atoms with Crippen LogP contribution in [0.5, 0.6) is 0 Å². The fourth-order valence-electron chi connectivity index (χ4n) is 2.19. The van der Waals surface area contributed by atoms with Crippen LogP contribution in [0.3, 0.4) is 0 Å². The van der Waals surface area contributed by atoms with Crippen molar-refractivity contribution in [1.82, 2.24) is 15.1 Å². The van der Waals surface area contributed by atoms with Gasteiger partial charge in [-0.25, -0.2) is 0 Å². The van der Waals surface area contributed by atoms with Gasteiger partial charge in [-0.3, -0.25) is 4.68 Å². The van der Waals surface area contributed by atoms with E-state index in [0.29, 0.717) is 0 Å². The molecule has 0 radical (unpaired) electrons. The van der Waals surface area contributed by atoms with Gasteiger partial charge in [0, 0.05) is 19.3 Å². The molecule has 0 spiro atoms. The van der Waals surface area contributed by atoms with Gasteiger partial charge in [-0.1, -0.05) is 13.3 Å². The summed E-state index contributed by atoms with van der Waals surface area (Å²) in [6.07, 6.45) is 9.26. The van der Waals surface area contributed by atoms with Crippen molar-refractivity contribution >= 4 is 0 Å². The Hall–Kier alpha value is -0.830. The van der Waals surface area contributed by atoms with Crippen LogP contribution in [0.15, 0.2) is 12.4 Å². The maximum absolute atomic E-state index is 4.16. The molecule has 1 aliphatic rings. The predicted octanol–water partition coefficient (Wildman–Crippen LogP) is 1.74. The van der Waals surface area contributed by atoms with Crippen LogP contribution in [-0.4, -0.2) is 22.4 Å². The maximum Gasteiger partial charge on any atom is 0.0522 e. The number of hydrogen-bond acceptors (Lipinski definition) is 2. The molecule has 1 aliphatic carbocycles. The van der Waals surface area contributed by atoms with E-state index >= 15 is 0 Å². The van der Waals surface area contributed by atoms with Crippen LogP contribution in [0.25, 0.3) is 0 Å². The first-order valence-corrected chi connectivity index (χ1v) is 6.00. The van der Waals surface area contributed by atoms with E-state index in [-0.39, 0.29) is 0 Å². The zero-order valence-electron chi connectivity index (χ0n) is 9.74. The minimum Gasteiger partial charge on any atom is -0.313 e. The van der Waals surface area contributed by atoms with Crippen molar-refractivity contribution in [1.29, 1.82) is 0 Å². The monoisotopic (exact) mass is 207 g/mol. The van der Waals surface area contributed by atoms with Gasteiger partial charge in [-0.05, 0) is 37.3 Å². The molecule has 1 saturated carbocycles. The van der Waals surface area contributed by atoms with Gasteiger partial charge in [-0.2, -0.15) is 5.10 Å². The summed E-state index contributed by atoms with van der Waals surface area (Å²) >= 11 is 0. The van der Waals surface area contributed by atoms with E-state index in [9.17, 15) is 0 Å². The molecule has 0 saturated heterocycles. The van der Waals surface area contributed by atoms with Crippen molar-refractivity contribution < 1.29 is 0 Å². The summed E-state index contributed by atoms with van der Waals surface area (Å²) < 4.78 is 1.87. The fraction of sp³-hybridized carbons (Fsp3) is 0.750. The van der Waals surface area contributed by atoms with Crippen molar-refractivity contribution in [3.05, 3.63) is 18.0 Å². The molecule has 3 heteroatoms. The summed E-state index contributed by atoms with van der Waals surface area (Å²) in [5.41, 5.74) is 1.33. The Morgan fingerprint density at radius 1 is 1.60 bits per heavy atom. The highest BCUT2D eigenvalue weighted by atomic mass is 15.2. The molecule has 0 aromatic carbocycles. The highest BCUT2D eigenvalue weighted by Crippen LogP contribution is 2.34. The quantitative estimate of drug-likeness (QED) is 0.770. The van der Waals surface area contributed by atoms with E-state index in [1.165, 1.54) is 24.8 Å². The Labute approximate surface area is 91.9 Å². The largest absolute Gasteiger partial charge is 0.313 e. The second-order valence-corrected chi connectivity index (χ2v) is 4.62. The van der Waals surface area contributed by atoms with Gasteiger partial charge in [0.15, 0.2) is 0 Å². The second kappa shape index (κ2) is 4.79. The summed E-state index contributed by atoms with van der Waals surface area (Å²) in [7, 11) is 1.97. The Morgan fingerprint density at radius 2 is 2.47 bits per heavy atom. The van der Waals surface area contributed by atoms with E-state index in [1.54, 1.807) is 0 Å². The molecule has 0 aliphatic heterocycles. The minimum absolute atomic E-state index is 0.807. The van der Waals surface area contributed by atoms with E-state index in [4.69, 9.17) is 0 Å². The summed E-state index contributed by atoms with van der Waals surface area (Å²) in [5.74, 6) is 0.962. The van der Waals surface area contributed by atoms with E-state index in [2.05, 4.69) is 23.5 Å². The molecular formula is C12H21N3. The van der Waals surface area contributed by atoms with E-state index < -0.39 is 0 Å². The Morgan fingerprint density at radius 3 is 3.13 bits per heavy atom. The van der Waals surface area contributed by atoms with Crippen LogP contribution < -0.4 is 5.32 Å². The van der Waals surface area contributed by atoms with Gasteiger partial charge in [-0.15, -0.1) is 0 Å². The highest BCUT2D eigenvalue weighted by molar-refractivity contribution is 5.04. The van der Waals surface area contributed by atoms with Crippen LogP contribution >= 0.6 is 0 Å². The fourth-order valence-corrected chi connectivity index (χ4v) is 2.19. The van der Waals surface area contributed by atoms with Crippen LogP contribution in [0.1, 0.15) is 31.7 Å². The lowest BCUT2D eigenvalue weighted by Crippen LogP contribution is -2.21. The van der Waals surface area contributed by atoms with Crippen molar-refractivity contribution in [3.8, 4) is 0 Å². The maximum atomic E-state index is 4.16. The molecule has 1 fully saturated rings. The number of aryl methyl sites for hydroxylation is 1. The number of nitrogens with one attached hydrogen (secondary N) is 1. The van der Waals surface area contributed by atoms with Gasteiger partial charge in [0.2, 0.25) is 0 Å². The third-order valence-corrected chi connectivity index (χ3v) is 3.16. The first-order chi connectivity index (χ1) is 7.29. The van der Waals surface area contributed by atoms with Crippen LogP contribution in [-0.2, 0) is 13.5 Å². The average Bonchev–Trinajstić information content (AvgIpc) is 2.80. The molecule has 1 N–H and O–H groups in total. The van der Waals surface area contributed by atoms with Crippen molar-refractivity contribution in [2.24, 2.45) is 13.0 Å². The third kappa shape index (κ3) is 3.06. The van der Waals surface area contributed by atoms with Gasteiger partial charge in [0.1, 0.15) is 0 Å². The number of aromatic nitrogens is 2. The third-order valence-electron chi connectivity index (χ3n) is 3.16. The SMILES string of the molecule is CCCC1CC1NCCc1cnn(C)c1. The first-order valence-electron chi connectivity index (χ1n) is 6.00. The van der Waals surface area contributed by atoms with Gasteiger partial charge in [0.05, 0.1) is 6.20 Å². The lowest BCUT2D eigenvalue weighted by molar-refractivity contribution is 0.600. The molecule has 84 valence electrons. The summed E-state index contributed by atoms with van der Waals surface area (Å²) in [6.45, 7) is 3.36. The molecule has 2 rings (SSSR count). The Kier molecular flexibility index (Phi) is 3.41. The Balaban J connectivity index is 1.60. The zero-order valence-corrected chi connectivity index (χ0v) is 9.74. The number of nitrogens with zero attached hydrogens (tertiary/aromatic N) is 2. The summed E-state index contributed by atoms with van der Waals surface area (Å²) in [5, 5.41) is 7.78. The molecule has 3 nitrogen and oxygen atoms in total. The minimum atomic E-state index is 0.807. The standard InChI is InChI=1S/C12H21N3/c1-3-4-11-7-12(11)13-6-5-10-8-14-15(2)9-10/h8-9,11-13H,3-7H2,1-2H3. The topological polar surface area (TPSA) is 29.9 Å². The summed E-state index contributed by atoms with van der Waals surface area (Å²) in [4.78, 5) is 0. The predicted molar refractivity (Wildman–Crippen MR) is 61.7 cm³/mol. The Bertz CT molecular complexity index is 306. The molecule has 1 aromatic rings. The van der Waals surface area contributed by atoms with Crippen LogP contribution in [0, 0.1) is 5.92 Å². The zero-order chi connectivity index (χ0) is 10.7. The molecule has 0 amide bonds. The van der Waals surface area contributed by atoms with Gasteiger partial charge in [0.25, 0.3) is 0 Å². The van der Waals surface area contributed by atoms with Crippen molar-refractivity contribution in [2.75, 3.05) is 6.54 Å². The van der Waals surface area contributed by atoms with Gasteiger partial charge < -0.3 is 5.32 Å². The highest BCUT2D eigenvalue weighted by Gasteiger charge is 2.34. The van der Waals surface area contributed by atoms with Crippen LogP contribution in [0.4, 0.5) is 0 Å². The van der Waals surface area contributed by atoms with Crippen LogP contribution in [0.2, 0.25) is 0 Å². The van der Waals surface area contributed by atoms with Crippen molar-refractivity contribution in [2.45, 2.75) is 38.6 Å². The summed E-state index contributed by atoms with van der Waals surface area (Å²) in [6, 6.07) is 0.807. The average molecular weight is 207 g/mol. The lowest BCUT2D eigenvalue weighted by atomic mass is 10.2. The molecule has 2 unspecified atom stereocenters. The molecule has 15 heavy (non-hydrogen) atoms. The normalized spacial score (nSPS) is 24.4. The van der Waals surface area contributed by atoms with E-state index in [0.717, 1.165) is 24.9 Å². The lowest BCUT2D eigenvalue weighted by Gasteiger charge is -2.01. The van der Waals surface area contributed by atoms with Crippen molar-refractivity contribution in [3.63, 3.8) is 0 Å². The number of rotatable bonds is 6. The molecular weight excluding hydrogens is 186 g/mol. The number of hydrogen-bond donors (Lipinski definition) is 1. The van der Waals surface area contributed by atoms with Gasteiger partial charge >= 0.3 is 0 Å².